The van der Waals surface area contributed by atoms with Crippen molar-refractivity contribution in [3.63, 3.8) is 0 Å². The van der Waals surface area contributed by atoms with Gasteiger partial charge in [0.25, 0.3) is 0 Å². The predicted octanol–water partition coefficient (Wildman–Crippen LogP) is 3.06. The molecule has 0 aliphatic carbocycles. The molecule has 0 aliphatic rings. The molecule has 0 spiro atoms. The van der Waals surface area contributed by atoms with Crippen LogP contribution in [0.4, 0.5) is 5.69 Å². The van der Waals surface area contributed by atoms with Crippen LogP contribution in [0.5, 0.6) is 5.75 Å². The molecule has 0 radical (unpaired) electrons. The standard InChI is InChI=1S/C15H21N3O/c1-12(2)15-17-7-9-18(15)8-4-10-19-14-6-3-5-13(16)11-14/h3,5-7,9,11-12H,4,8,10,16H2,1-2H3. The van der Waals surface area contributed by atoms with E-state index in [9.17, 15) is 0 Å². The van der Waals surface area contributed by atoms with Gasteiger partial charge in [0.05, 0.1) is 6.61 Å². The Hall–Kier alpha value is -1.97. The van der Waals surface area contributed by atoms with Crippen LogP contribution >= 0.6 is 0 Å². The van der Waals surface area contributed by atoms with Crippen molar-refractivity contribution < 1.29 is 4.74 Å². The van der Waals surface area contributed by atoms with Crippen LogP contribution in [0.15, 0.2) is 36.7 Å². The average molecular weight is 259 g/mol. The first kappa shape index (κ1) is 13.5. The molecule has 0 bridgehead atoms. The lowest BCUT2D eigenvalue weighted by molar-refractivity contribution is 0.300. The van der Waals surface area contributed by atoms with Gasteiger partial charge in [-0.1, -0.05) is 19.9 Å². The van der Waals surface area contributed by atoms with Crippen LogP contribution in [0, 0.1) is 0 Å². The highest BCUT2D eigenvalue weighted by molar-refractivity contribution is 5.43. The van der Waals surface area contributed by atoms with Crippen molar-refractivity contribution in [2.45, 2.75) is 32.7 Å². The van der Waals surface area contributed by atoms with E-state index in [-0.39, 0.29) is 0 Å². The Morgan fingerprint density at radius 2 is 2.21 bits per heavy atom. The molecule has 4 nitrogen and oxygen atoms in total. The van der Waals surface area contributed by atoms with Gasteiger partial charge in [0.15, 0.2) is 0 Å². The van der Waals surface area contributed by atoms with E-state index in [0.717, 1.165) is 30.2 Å². The van der Waals surface area contributed by atoms with Gasteiger partial charge in [0.2, 0.25) is 0 Å². The van der Waals surface area contributed by atoms with Crippen molar-refractivity contribution in [2.75, 3.05) is 12.3 Å². The zero-order chi connectivity index (χ0) is 13.7. The molecule has 2 rings (SSSR count). The molecule has 0 amide bonds. The summed E-state index contributed by atoms with van der Waals surface area (Å²) < 4.78 is 7.86. The molecule has 0 saturated heterocycles. The smallest absolute Gasteiger partial charge is 0.121 e. The molecule has 102 valence electrons. The van der Waals surface area contributed by atoms with Gasteiger partial charge in [0.1, 0.15) is 11.6 Å². The Morgan fingerprint density at radius 1 is 1.37 bits per heavy atom. The van der Waals surface area contributed by atoms with Crippen LogP contribution in [0.25, 0.3) is 0 Å². The summed E-state index contributed by atoms with van der Waals surface area (Å²) in [6.07, 6.45) is 4.83. The first-order chi connectivity index (χ1) is 9.16. The van der Waals surface area contributed by atoms with E-state index in [2.05, 4.69) is 23.4 Å². The number of hydrogen-bond donors (Lipinski definition) is 1. The molecule has 1 aromatic heterocycles. The zero-order valence-electron chi connectivity index (χ0n) is 11.5. The summed E-state index contributed by atoms with van der Waals surface area (Å²) >= 11 is 0. The van der Waals surface area contributed by atoms with E-state index < -0.39 is 0 Å². The fourth-order valence-corrected chi connectivity index (χ4v) is 2.04. The number of nitrogen functional groups attached to an aromatic ring is 1. The Kier molecular flexibility index (Phi) is 4.44. The van der Waals surface area contributed by atoms with Crippen LogP contribution in [-0.2, 0) is 6.54 Å². The van der Waals surface area contributed by atoms with E-state index >= 15 is 0 Å². The summed E-state index contributed by atoms with van der Waals surface area (Å²) in [7, 11) is 0. The number of aromatic nitrogens is 2. The van der Waals surface area contributed by atoms with E-state index in [1.54, 1.807) is 0 Å². The Balaban J connectivity index is 1.79. The maximum Gasteiger partial charge on any atom is 0.121 e. The van der Waals surface area contributed by atoms with Crippen molar-refractivity contribution in [3.05, 3.63) is 42.5 Å². The van der Waals surface area contributed by atoms with Crippen LogP contribution in [0.2, 0.25) is 0 Å². The third kappa shape index (κ3) is 3.74. The molecule has 0 saturated carbocycles. The molecule has 19 heavy (non-hydrogen) atoms. The number of hydrogen-bond acceptors (Lipinski definition) is 3. The first-order valence-corrected chi connectivity index (χ1v) is 6.66. The Bertz CT molecular complexity index is 520. The second-order valence-electron chi connectivity index (χ2n) is 4.91. The predicted molar refractivity (Wildman–Crippen MR) is 77.3 cm³/mol. The lowest BCUT2D eigenvalue weighted by Crippen LogP contribution is -2.08. The fraction of sp³-hybridized carbons (Fsp3) is 0.400. The molecule has 0 fully saturated rings. The second kappa shape index (κ2) is 6.27. The SMILES string of the molecule is CC(C)c1nccn1CCCOc1cccc(N)c1. The minimum atomic E-state index is 0.449. The number of rotatable bonds is 6. The fourth-order valence-electron chi connectivity index (χ4n) is 2.04. The van der Waals surface area contributed by atoms with Crippen molar-refractivity contribution in [2.24, 2.45) is 0 Å². The molecule has 2 aromatic rings. The van der Waals surface area contributed by atoms with Crippen LogP contribution < -0.4 is 10.5 Å². The molecular formula is C15H21N3O. The van der Waals surface area contributed by atoms with E-state index in [0.29, 0.717) is 12.5 Å². The quantitative estimate of drug-likeness (QED) is 0.640. The molecule has 1 aromatic carbocycles. The van der Waals surface area contributed by atoms with Crippen molar-refractivity contribution >= 4 is 5.69 Å². The number of ether oxygens (including phenoxy) is 1. The lowest BCUT2D eigenvalue weighted by Gasteiger charge is -2.11. The van der Waals surface area contributed by atoms with E-state index in [1.807, 2.05) is 36.7 Å². The minimum absolute atomic E-state index is 0.449. The number of aryl methyl sites for hydroxylation is 1. The van der Waals surface area contributed by atoms with Gasteiger partial charge in [-0.3, -0.25) is 0 Å². The average Bonchev–Trinajstić information content (AvgIpc) is 2.83. The van der Waals surface area contributed by atoms with E-state index in [1.165, 1.54) is 0 Å². The molecule has 2 N–H and O–H groups in total. The number of anilines is 1. The molecule has 0 atom stereocenters. The highest BCUT2D eigenvalue weighted by Gasteiger charge is 2.06. The topological polar surface area (TPSA) is 53.1 Å². The highest BCUT2D eigenvalue weighted by Crippen LogP contribution is 2.15. The van der Waals surface area contributed by atoms with Gasteiger partial charge in [0, 0.05) is 36.6 Å². The molecule has 0 aliphatic heterocycles. The van der Waals surface area contributed by atoms with Gasteiger partial charge < -0.3 is 15.0 Å². The van der Waals surface area contributed by atoms with Gasteiger partial charge in [-0.05, 0) is 18.6 Å². The highest BCUT2D eigenvalue weighted by atomic mass is 16.5. The maximum atomic E-state index is 5.70. The van der Waals surface area contributed by atoms with E-state index in [4.69, 9.17) is 10.5 Å². The third-order valence-corrected chi connectivity index (χ3v) is 2.93. The summed E-state index contributed by atoms with van der Waals surface area (Å²) in [5.41, 5.74) is 6.43. The number of benzene rings is 1. The number of nitrogens with zero attached hydrogens (tertiary/aromatic N) is 2. The summed E-state index contributed by atoms with van der Waals surface area (Å²) in [6.45, 7) is 5.92. The third-order valence-electron chi connectivity index (χ3n) is 2.93. The Labute approximate surface area is 114 Å². The second-order valence-corrected chi connectivity index (χ2v) is 4.91. The molecular weight excluding hydrogens is 238 g/mol. The van der Waals surface area contributed by atoms with Crippen molar-refractivity contribution in [1.29, 1.82) is 0 Å². The Morgan fingerprint density at radius 3 is 2.95 bits per heavy atom. The molecule has 4 heteroatoms. The van der Waals surface area contributed by atoms with Crippen LogP contribution in [0.3, 0.4) is 0 Å². The summed E-state index contributed by atoms with van der Waals surface area (Å²) in [6, 6.07) is 7.52. The normalized spacial score (nSPS) is 10.9. The van der Waals surface area contributed by atoms with Gasteiger partial charge in [-0.2, -0.15) is 0 Å². The van der Waals surface area contributed by atoms with Crippen molar-refractivity contribution in [3.8, 4) is 5.75 Å². The number of nitrogens with two attached hydrogens (primary N) is 1. The summed E-state index contributed by atoms with van der Waals surface area (Å²) in [4.78, 5) is 4.37. The zero-order valence-corrected chi connectivity index (χ0v) is 11.5. The molecule has 0 unspecified atom stereocenters. The van der Waals surface area contributed by atoms with Gasteiger partial charge in [-0.25, -0.2) is 4.98 Å². The molecule has 1 heterocycles. The van der Waals surface area contributed by atoms with Crippen LogP contribution in [0.1, 0.15) is 32.0 Å². The van der Waals surface area contributed by atoms with Gasteiger partial charge in [-0.15, -0.1) is 0 Å². The monoisotopic (exact) mass is 259 g/mol. The first-order valence-electron chi connectivity index (χ1n) is 6.66. The van der Waals surface area contributed by atoms with Gasteiger partial charge >= 0.3 is 0 Å². The maximum absolute atomic E-state index is 5.70. The largest absolute Gasteiger partial charge is 0.493 e. The summed E-state index contributed by atoms with van der Waals surface area (Å²) in [5, 5.41) is 0. The summed E-state index contributed by atoms with van der Waals surface area (Å²) in [5.74, 6) is 2.41. The lowest BCUT2D eigenvalue weighted by atomic mass is 10.2. The van der Waals surface area contributed by atoms with Crippen LogP contribution in [-0.4, -0.2) is 16.2 Å². The minimum Gasteiger partial charge on any atom is -0.493 e. The van der Waals surface area contributed by atoms with Crippen molar-refractivity contribution in [1.82, 2.24) is 9.55 Å². The number of imidazole rings is 1.